The summed E-state index contributed by atoms with van der Waals surface area (Å²) < 4.78 is 6.20. The van der Waals surface area contributed by atoms with E-state index in [2.05, 4.69) is 32.3 Å². The van der Waals surface area contributed by atoms with E-state index in [9.17, 15) is 4.79 Å². The predicted octanol–water partition coefficient (Wildman–Crippen LogP) is 4.26. The molecule has 0 aliphatic heterocycles. The normalized spacial score (nSPS) is 11.7. The molecule has 108 valence electrons. The molecule has 2 rings (SSSR count). The Kier molecular flexibility index (Phi) is 4.09. The average Bonchev–Trinajstić information content (AvgIpc) is 2.61. The Morgan fingerprint density at radius 1 is 1.40 bits per heavy atom. The summed E-state index contributed by atoms with van der Waals surface area (Å²) in [5.74, 6) is 0. The van der Waals surface area contributed by atoms with E-state index < -0.39 is 11.7 Å². The van der Waals surface area contributed by atoms with Gasteiger partial charge in [0.25, 0.3) is 0 Å². The van der Waals surface area contributed by atoms with Gasteiger partial charge in [0.1, 0.15) is 5.60 Å². The molecule has 4 nitrogen and oxygen atoms in total. The van der Waals surface area contributed by atoms with Crippen molar-refractivity contribution < 1.29 is 9.53 Å². The van der Waals surface area contributed by atoms with Gasteiger partial charge in [-0.25, -0.2) is 4.79 Å². The fourth-order valence-electron chi connectivity index (χ4n) is 1.94. The molecule has 1 amide bonds. The van der Waals surface area contributed by atoms with Crippen LogP contribution in [0.5, 0.6) is 0 Å². The molecule has 0 aliphatic carbocycles. The summed E-state index contributed by atoms with van der Waals surface area (Å²) in [6.45, 7) is 8.04. The number of H-pyrrole nitrogens is 1. The SMILES string of the molecule is Cc1c(Br)[nH]c2ccc(CNC(=O)OC(C)(C)C)cc12. The monoisotopic (exact) mass is 338 g/mol. The molecule has 0 aliphatic rings. The number of carbonyl (C=O) groups is 1. The molecule has 1 aromatic carbocycles. The van der Waals surface area contributed by atoms with E-state index in [0.29, 0.717) is 6.54 Å². The van der Waals surface area contributed by atoms with E-state index in [1.165, 1.54) is 5.56 Å². The van der Waals surface area contributed by atoms with Crippen LogP contribution in [0.1, 0.15) is 31.9 Å². The maximum absolute atomic E-state index is 11.6. The van der Waals surface area contributed by atoms with E-state index in [4.69, 9.17) is 4.74 Å². The number of ether oxygens (including phenoxy) is 1. The Morgan fingerprint density at radius 2 is 2.10 bits per heavy atom. The number of carbonyl (C=O) groups excluding carboxylic acids is 1. The van der Waals surface area contributed by atoms with Gasteiger partial charge < -0.3 is 15.0 Å². The van der Waals surface area contributed by atoms with Gasteiger partial charge >= 0.3 is 6.09 Å². The molecule has 0 saturated carbocycles. The van der Waals surface area contributed by atoms with Crippen molar-refractivity contribution in [2.45, 2.75) is 39.8 Å². The van der Waals surface area contributed by atoms with E-state index in [1.807, 2.05) is 39.8 Å². The molecule has 2 aromatic rings. The van der Waals surface area contributed by atoms with Crippen molar-refractivity contribution >= 4 is 32.9 Å². The molecule has 0 saturated heterocycles. The van der Waals surface area contributed by atoms with E-state index >= 15 is 0 Å². The van der Waals surface area contributed by atoms with Gasteiger partial charge in [-0.1, -0.05) is 6.07 Å². The number of fused-ring (bicyclic) bond motifs is 1. The lowest BCUT2D eigenvalue weighted by atomic mass is 10.1. The third-order valence-electron chi connectivity index (χ3n) is 2.90. The molecule has 0 unspecified atom stereocenters. The van der Waals surface area contributed by atoms with Crippen LogP contribution in [0.15, 0.2) is 22.8 Å². The number of amides is 1. The number of rotatable bonds is 2. The van der Waals surface area contributed by atoms with Crippen molar-refractivity contribution in [3.63, 3.8) is 0 Å². The van der Waals surface area contributed by atoms with Crippen LogP contribution in [0, 0.1) is 6.92 Å². The zero-order valence-electron chi connectivity index (χ0n) is 12.1. The summed E-state index contributed by atoms with van der Waals surface area (Å²) in [5, 5.41) is 3.92. The van der Waals surface area contributed by atoms with Crippen molar-refractivity contribution in [2.24, 2.45) is 0 Å². The largest absolute Gasteiger partial charge is 0.444 e. The maximum atomic E-state index is 11.6. The lowest BCUT2D eigenvalue weighted by Gasteiger charge is -2.19. The van der Waals surface area contributed by atoms with Gasteiger partial charge in [0, 0.05) is 17.4 Å². The standard InChI is InChI=1S/C15H19BrN2O2/c1-9-11-7-10(5-6-12(11)18-13(9)16)8-17-14(19)20-15(2,3)4/h5-7,18H,8H2,1-4H3,(H,17,19). The highest BCUT2D eigenvalue weighted by Crippen LogP contribution is 2.26. The lowest BCUT2D eigenvalue weighted by molar-refractivity contribution is 0.0523. The summed E-state index contributed by atoms with van der Waals surface area (Å²) in [7, 11) is 0. The van der Waals surface area contributed by atoms with Crippen LogP contribution in [0.3, 0.4) is 0 Å². The number of hydrogen-bond donors (Lipinski definition) is 2. The molecule has 2 N–H and O–H groups in total. The smallest absolute Gasteiger partial charge is 0.407 e. The zero-order valence-corrected chi connectivity index (χ0v) is 13.7. The van der Waals surface area contributed by atoms with Gasteiger partial charge in [0.05, 0.1) is 4.60 Å². The Hall–Kier alpha value is -1.49. The molecule has 20 heavy (non-hydrogen) atoms. The van der Waals surface area contributed by atoms with Gasteiger partial charge in [-0.2, -0.15) is 0 Å². The van der Waals surface area contributed by atoms with Crippen molar-refractivity contribution in [3.05, 3.63) is 33.9 Å². The van der Waals surface area contributed by atoms with E-state index in [-0.39, 0.29) is 0 Å². The maximum Gasteiger partial charge on any atom is 0.407 e. The molecule has 5 heteroatoms. The molecule has 0 atom stereocenters. The summed E-state index contributed by atoms with van der Waals surface area (Å²) in [5.41, 5.74) is 2.81. The molecule has 1 aromatic heterocycles. The van der Waals surface area contributed by atoms with Crippen molar-refractivity contribution in [1.29, 1.82) is 0 Å². The minimum atomic E-state index is -0.476. The van der Waals surface area contributed by atoms with Crippen LogP contribution in [-0.4, -0.2) is 16.7 Å². The second-order valence-electron chi connectivity index (χ2n) is 5.80. The van der Waals surface area contributed by atoms with Crippen LogP contribution in [-0.2, 0) is 11.3 Å². The number of aryl methyl sites for hydroxylation is 1. The van der Waals surface area contributed by atoms with E-state index in [0.717, 1.165) is 21.1 Å². The predicted molar refractivity (Wildman–Crippen MR) is 83.8 cm³/mol. The Balaban J connectivity index is 2.07. The molecule has 0 radical (unpaired) electrons. The molecular formula is C15H19BrN2O2. The number of alkyl carbamates (subject to hydrolysis) is 1. The number of nitrogens with one attached hydrogen (secondary N) is 2. The van der Waals surface area contributed by atoms with E-state index in [1.54, 1.807) is 0 Å². The minimum Gasteiger partial charge on any atom is -0.444 e. The topological polar surface area (TPSA) is 54.1 Å². The lowest BCUT2D eigenvalue weighted by Crippen LogP contribution is -2.32. The second-order valence-corrected chi connectivity index (χ2v) is 6.59. The van der Waals surface area contributed by atoms with Crippen molar-refractivity contribution in [3.8, 4) is 0 Å². The first-order chi connectivity index (χ1) is 9.26. The Morgan fingerprint density at radius 3 is 2.75 bits per heavy atom. The first-order valence-electron chi connectivity index (χ1n) is 6.50. The quantitative estimate of drug-likeness (QED) is 0.859. The Labute approximate surface area is 127 Å². The number of benzene rings is 1. The second kappa shape index (κ2) is 5.48. The fourth-order valence-corrected chi connectivity index (χ4v) is 2.37. The average molecular weight is 339 g/mol. The van der Waals surface area contributed by atoms with Crippen LogP contribution < -0.4 is 5.32 Å². The van der Waals surface area contributed by atoms with Gasteiger partial charge in [0.15, 0.2) is 0 Å². The van der Waals surface area contributed by atoms with Gasteiger partial charge in [0.2, 0.25) is 0 Å². The molecule has 0 bridgehead atoms. The molecule has 0 spiro atoms. The highest BCUT2D eigenvalue weighted by Gasteiger charge is 2.15. The summed E-state index contributed by atoms with van der Waals surface area (Å²) in [6, 6.07) is 6.07. The zero-order chi connectivity index (χ0) is 14.9. The third kappa shape index (κ3) is 3.54. The Bertz CT molecular complexity index is 641. The van der Waals surface area contributed by atoms with Crippen LogP contribution >= 0.6 is 15.9 Å². The number of aromatic nitrogens is 1. The van der Waals surface area contributed by atoms with Crippen LogP contribution in [0.25, 0.3) is 10.9 Å². The van der Waals surface area contributed by atoms with Gasteiger partial charge in [-0.3, -0.25) is 0 Å². The van der Waals surface area contributed by atoms with Crippen molar-refractivity contribution in [1.82, 2.24) is 10.3 Å². The number of aromatic amines is 1. The summed E-state index contributed by atoms with van der Waals surface area (Å²) in [4.78, 5) is 14.9. The van der Waals surface area contributed by atoms with Gasteiger partial charge in [-0.15, -0.1) is 0 Å². The van der Waals surface area contributed by atoms with Crippen molar-refractivity contribution in [2.75, 3.05) is 0 Å². The highest BCUT2D eigenvalue weighted by molar-refractivity contribution is 9.10. The number of hydrogen-bond acceptors (Lipinski definition) is 2. The third-order valence-corrected chi connectivity index (χ3v) is 3.69. The minimum absolute atomic E-state index is 0.399. The van der Waals surface area contributed by atoms with Crippen LogP contribution in [0.2, 0.25) is 0 Å². The highest BCUT2D eigenvalue weighted by atomic mass is 79.9. The molecule has 1 heterocycles. The molecular weight excluding hydrogens is 320 g/mol. The fraction of sp³-hybridized carbons (Fsp3) is 0.400. The summed E-state index contributed by atoms with van der Waals surface area (Å²) >= 11 is 3.48. The molecule has 0 fully saturated rings. The van der Waals surface area contributed by atoms with Crippen LogP contribution in [0.4, 0.5) is 4.79 Å². The first-order valence-corrected chi connectivity index (χ1v) is 7.29. The van der Waals surface area contributed by atoms with Gasteiger partial charge in [-0.05, 0) is 66.9 Å². The first kappa shape index (κ1) is 14.9. The number of halogens is 1. The summed E-state index contributed by atoms with van der Waals surface area (Å²) in [6.07, 6.45) is -0.399.